The first kappa shape index (κ1) is 20.2. The molecule has 1 heterocycles. The fraction of sp³-hybridized carbons (Fsp3) is 0.125. The van der Waals surface area contributed by atoms with Crippen molar-refractivity contribution in [2.75, 3.05) is 17.2 Å². The number of nitrogens with zero attached hydrogens (tertiary/aromatic N) is 1. The Labute approximate surface area is 180 Å². The van der Waals surface area contributed by atoms with E-state index in [1.165, 1.54) is 0 Å². The highest BCUT2D eigenvalue weighted by atomic mass is 16.2. The molecule has 7 heteroatoms. The van der Waals surface area contributed by atoms with Gasteiger partial charge in [-0.3, -0.25) is 14.5 Å². The topological polar surface area (TPSA) is 90.5 Å². The van der Waals surface area contributed by atoms with Gasteiger partial charge in [-0.2, -0.15) is 0 Å². The summed E-state index contributed by atoms with van der Waals surface area (Å²) >= 11 is 0. The van der Waals surface area contributed by atoms with E-state index >= 15 is 0 Å². The average molecular weight is 414 g/mol. The molecular formula is C24H22N4O3. The standard InChI is InChI=1S/C24H22N4O3/c1-24(17-8-4-2-5-9-17)22(30)28(23(31)27-24)16-21(29)26-20-14-12-19(13-15-20)25-18-10-6-3-7-11-18/h2-15,25H,16H2,1H3,(H,26,29)(H,27,31). The van der Waals surface area contributed by atoms with E-state index in [2.05, 4.69) is 16.0 Å². The first-order chi connectivity index (χ1) is 15.0. The Morgan fingerprint density at radius 2 is 1.39 bits per heavy atom. The van der Waals surface area contributed by atoms with Crippen molar-refractivity contribution in [1.29, 1.82) is 0 Å². The molecule has 31 heavy (non-hydrogen) atoms. The lowest BCUT2D eigenvalue weighted by atomic mass is 9.92. The van der Waals surface area contributed by atoms with Gasteiger partial charge in [0.1, 0.15) is 12.1 Å². The molecule has 1 aliphatic heterocycles. The van der Waals surface area contributed by atoms with Crippen molar-refractivity contribution in [2.24, 2.45) is 0 Å². The van der Waals surface area contributed by atoms with Crippen LogP contribution in [0.1, 0.15) is 12.5 Å². The fourth-order valence-corrected chi connectivity index (χ4v) is 3.48. The Bertz CT molecular complexity index is 1100. The zero-order valence-corrected chi connectivity index (χ0v) is 17.0. The molecule has 3 aromatic rings. The normalized spacial score (nSPS) is 17.9. The van der Waals surface area contributed by atoms with Gasteiger partial charge in [0.15, 0.2) is 0 Å². The third kappa shape index (κ3) is 4.25. The van der Waals surface area contributed by atoms with Crippen LogP contribution >= 0.6 is 0 Å². The Kier molecular flexibility index (Phi) is 5.41. The zero-order chi connectivity index (χ0) is 21.8. The largest absolute Gasteiger partial charge is 0.356 e. The second kappa shape index (κ2) is 8.31. The smallest absolute Gasteiger partial charge is 0.325 e. The summed E-state index contributed by atoms with van der Waals surface area (Å²) in [4.78, 5) is 38.7. The highest BCUT2D eigenvalue weighted by Gasteiger charge is 2.49. The summed E-state index contributed by atoms with van der Waals surface area (Å²) in [5.41, 5.74) is 1.87. The number of amides is 4. The molecule has 156 valence electrons. The minimum absolute atomic E-state index is 0.364. The lowest BCUT2D eigenvalue weighted by Crippen LogP contribution is -2.42. The monoisotopic (exact) mass is 414 g/mol. The lowest BCUT2D eigenvalue weighted by molar-refractivity contribution is -0.133. The summed E-state index contributed by atoms with van der Waals surface area (Å²) in [7, 11) is 0. The summed E-state index contributed by atoms with van der Waals surface area (Å²) in [6.45, 7) is 1.27. The van der Waals surface area contributed by atoms with Crippen LogP contribution in [0.3, 0.4) is 0 Å². The van der Waals surface area contributed by atoms with Gasteiger partial charge in [0.2, 0.25) is 5.91 Å². The molecule has 0 radical (unpaired) electrons. The van der Waals surface area contributed by atoms with Crippen molar-refractivity contribution in [3.05, 3.63) is 90.5 Å². The molecule has 1 saturated heterocycles. The van der Waals surface area contributed by atoms with E-state index < -0.39 is 23.4 Å². The van der Waals surface area contributed by atoms with Crippen LogP contribution in [0.25, 0.3) is 0 Å². The van der Waals surface area contributed by atoms with Gasteiger partial charge < -0.3 is 16.0 Å². The maximum absolute atomic E-state index is 12.9. The predicted octanol–water partition coefficient (Wildman–Crippen LogP) is 3.84. The van der Waals surface area contributed by atoms with E-state index in [1.807, 2.05) is 48.5 Å². The summed E-state index contributed by atoms with van der Waals surface area (Å²) in [6, 6.07) is 25.3. The highest BCUT2D eigenvalue weighted by molar-refractivity contribution is 6.10. The second-order valence-corrected chi connectivity index (χ2v) is 7.43. The van der Waals surface area contributed by atoms with Gasteiger partial charge >= 0.3 is 6.03 Å². The second-order valence-electron chi connectivity index (χ2n) is 7.43. The van der Waals surface area contributed by atoms with E-state index in [0.717, 1.165) is 16.3 Å². The number of urea groups is 1. The number of carbonyl (C=O) groups is 3. The maximum atomic E-state index is 12.9. The van der Waals surface area contributed by atoms with Gasteiger partial charge in [-0.1, -0.05) is 48.5 Å². The number of hydrogen-bond acceptors (Lipinski definition) is 4. The summed E-state index contributed by atoms with van der Waals surface area (Å²) < 4.78 is 0. The van der Waals surface area contributed by atoms with Crippen LogP contribution in [0.4, 0.5) is 21.9 Å². The molecule has 0 spiro atoms. The van der Waals surface area contributed by atoms with Crippen LogP contribution in [0, 0.1) is 0 Å². The quantitative estimate of drug-likeness (QED) is 0.535. The van der Waals surface area contributed by atoms with Gasteiger partial charge in [-0.15, -0.1) is 0 Å². The molecule has 3 N–H and O–H groups in total. The van der Waals surface area contributed by atoms with Crippen LogP contribution in [-0.4, -0.2) is 29.3 Å². The van der Waals surface area contributed by atoms with Crippen LogP contribution in [0.2, 0.25) is 0 Å². The molecule has 7 nitrogen and oxygen atoms in total. The van der Waals surface area contributed by atoms with E-state index in [9.17, 15) is 14.4 Å². The minimum Gasteiger partial charge on any atom is -0.356 e. The van der Waals surface area contributed by atoms with Gasteiger partial charge in [0.05, 0.1) is 0 Å². The molecule has 0 saturated carbocycles. The van der Waals surface area contributed by atoms with Crippen LogP contribution in [0.15, 0.2) is 84.9 Å². The van der Waals surface area contributed by atoms with E-state index in [-0.39, 0.29) is 6.54 Å². The van der Waals surface area contributed by atoms with E-state index in [0.29, 0.717) is 11.3 Å². The summed E-state index contributed by atoms with van der Waals surface area (Å²) in [5.74, 6) is -0.911. The summed E-state index contributed by atoms with van der Waals surface area (Å²) in [6.07, 6.45) is 0. The molecule has 4 rings (SSSR count). The Morgan fingerprint density at radius 3 is 2.03 bits per heavy atom. The molecule has 0 bridgehead atoms. The molecule has 1 aliphatic rings. The van der Waals surface area contributed by atoms with E-state index in [1.54, 1.807) is 43.3 Å². The summed E-state index contributed by atoms with van der Waals surface area (Å²) in [5, 5.41) is 8.68. The van der Waals surface area contributed by atoms with Gasteiger partial charge in [-0.05, 0) is 48.9 Å². The molecule has 3 aromatic carbocycles. The van der Waals surface area contributed by atoms with Gasteiger partial charge in [-0.25, -0.2) is 4.79 Å². The minimum atomic E-state index is -1.19. The molecular weight excluding hydrogens is 392 g/mol. The zero-order valence-electron chi connectivity index (χ0n) is 17.0. The molecule has 1 fully saturated rings. The average Bonchev–Trinajstić information content (AvgIpc) is 3.00. The Balaban J connectivity index is 1.38. The lowest BCUT2D eigenvalue weighted by Gasteiger charge is -2.22. The maximum Gasteiger partial charge on any atom is 0.325 e. The number of rotatable bonds is 6. The van der Waals surface area contributed by atoms with Crippen LogP contribution in [0.5, 0.6) is 0 Å². The number of hydrogen-bond donors (Lipinski definition) is 3. The number of anilines is 3. The van der Waals surface area contributed by atoms with Crippen molar-refractivity contribution in [2.45, 2.75) is 12.5 Å². The van der Waals surface area contributed by atoms with Gasteiger partial charge in [0, 0.05) is 17.1 Å². The van der Waals surface area contributed by atoms with Crippen molar-refractivity contribution in [1.82, 2.24) is 10.2 Å². The molecule has 1 unspecified atom stereocenters. The van der Waals surface area contributed by atoms with Crippen molar-refractivity contribution in [3.8, 4) is 0 Å². The Hall–Kier alpha value is -4.13. The first-order valence-electron chi connectivity index (χ1n) is 9.87. The van der Waals surface area contributed by atoms with Crippen molar-refractivity contribution < 1.29 is 14.4 Å². The number of nitrogens with one attached hydrogen (secondary N) is 3. The molecule has 0 aromatic heterocycles. The molecule has 0 aliphatic carbocycles. The molecule has 4 amide bonds. The number of carbonyl (C=O) groups excluding carboxylic acids is 3. The number of imide groups is 1. The third-order valence-electron chi connectivity index (χ3n) is 5.16. The fourth-order valence-electron chi connectivity index (χ4n) is 3.48. The van der Waals surface area contributed by atoms with Crippen LogP contribution < -0.4 is 16.0 Å². The number of benzene rings is 3. The van der Waals surface area contributed by atoms with Crippen molar-refractivity contribution in [3.63, 3.8) is 0 Å². The third-order valence-corrected chi connectivity index (χ3v) is 5.16. The van der Waals surface area contributed by atoms with Crippen LogP contribution in [-0.2, 0) is 15.1 Å². The predicted molar refractivity (Wildman–Crippen MR) is 119 cm³/mol. The Morgan fingerprint density at radius 1 is 0.839 bits per heavy atom. The first-order valence-corrected chi connectivity index (χ1v) is 9.87. The molecule has 1 atom stereocenters. The highest BCUT2D eigenvalue weighted by Crippen LogP contribution is 2.28. The van der Waals surface area contributed by atoms with E-state index in [4.69, 9.17) is 0 Å². The van der Waals surface area contributed by atoms with Gasteiger partial charge in [0.25, 0.3) is 5.91 Å². The SMILES string of the molecule is CC1(c2ccccc2)NC(=O)N(CC(=O)Nc2ccc(Nc3ccccc3)cc2)C1=O. The van der Waals surface area contributed by atoms with Crippen molar-refractivity contribution >= 4 is 34.9 Å². The number of para-hydroxylation sites is 1.